The number of aliphatic carboxylic acids is 1. The van der Waals surface area contributed by atoms with Crippen molar-refractivity contribution in [3.8, 4) is 0 Å². The molecule has 1 saturated heterocycles. The fourth-order valence-corrected chi connectivity index (χ4v) is 3.71. The highest BCUT2D eigenvalue weighted by Crippen LogP contribution is 2.34. The molecule has 4 rings (SSSR count). The van der Waals surface area contributed by atoms with Gasteiger partial charge in [-0.05, 0) is 47.7 Å². The molecule has 4 nitrogen and oxygen atoms in total. The Hall–Kier alpha value is -2.07. The molecular weight excluding hydrogens is 276 g/mol. The Morgan fingerprint density at radius 1 is 1.05 bits per heavy atom. The molecule has 2 aromatic rings. The molecule has 0 spiro atoms. The summed E-state index contributed by atoms with van der Waals surface area (Å²) >= 11 is 0. The van der Waals surface area contributed by atoms with Crippen molar-refractivity contribution < 1.29 is 9.90 Å². The highest BCUT2D eigenvalue weighted by Gasteiger charge is 2.30. The lowest BCUT2D eigenvalue weighted by molar-refractivity contribution is -0.143. The van der Waals surface area contributed by atoms with Crippen LogP contribution in [0.3, 0.4) is 0 Å². The Morgan fingerprint density at radius 2 is 1.73 bits per heavy atom. The Balaban J connectivity index is 1.59. The van der Waals surface area contributed by atoms with Crippen molar-refractivity contribution in [3.05, 3.63) is 42.0 Å². The summed E-state index contributed by atoms with van der Waals surface area (Å²) in [6.45, 7) is 2.68. The second kappa shape index (κ2) is 5.29. The number of nitrogens with zero attached hydrogens (tertiary/aromatic N) is 2. The van der Waals surface area contributed by atoms with Crippen molar-refractivity contribution in [2.45, 2.75) is 19.3 Å². The first-order chi connectivity index (χ1) is 10.7. The van der Waals surface area contributed by atoms with Crippen LogP contribution in [0.15, 0.2) is 36.4 Å². The molecule has 0 saturated carbocycles. The first-order valence-electron chi connectivity index (χ1n) is 7.99. The normalized spacial score (nSPS) is 19.5. The number of carboxylic acid groups (broad SMARTS) is 1. The van der Waals surface area contributed by atoms with E-state index in [1.165, 1.54) is 22.0 Å². The van der Waals surface area contributed by atoms with Gasteiger partial charge in [-0.1, -0.05) is 24.3 Å². The number of carboxylic acids is 1. The zero-order chi connectivity index (χ0) is 15.1. The van der Waals surface area contributed by atoms with Gasteiger partial charge in [0.1, 0.15) is 0 Å². The maximum Gasteiger partial charge on any atom is 0.306 e. The number of fused-ring (bicyclic) bond motifs is 2. The number of rotatable bonds is 2. The van der Waals surface area contributed by atoms with E-state index in [0.717, 1.165) is 38.9 Å². The molecule has 2 heterocycles. The minimum absolute atomic E-state index is 0.171. The zero-order valence-electron chi connectivity index (χ0n) is 12.5. The quantitative estimate of drug-likeness (QED) is 0.925. The molecule has 2 aromatic carbocycles. The van der Waals surface area contributed by atoms with Gasteiger partial charge >= 0.3 is 5.97 Å². The van der Waals surface area contributed by atoms with E-state index in [2.05, 4.69) is 46.4 Å². The van der Waals surface area contributed by atoms with Crippen molar-refractivity contribution in [3.63, 3.8) is 0 Å². The summed E-state index contributed by atoms with van der Waals surface area (Å²) in [4.78, 5) is 11.1. The number of carbonyl (C=O) groups is 1. The van der Waals surface area contributed by atoms with Crippen molar-refractivity contribution in [1.29, 1.82) is 0 Å². The van der Waals surface area contributed by atoms with Gasteiger partial charge in [0.05, 0.1) is 11.6 Å². The van der Waals surface area contributed by atoms with Crippen molar-refractivity contribution in [2.24, 2.45) is 5.92 Å². The molecule has 0 aromatic heterocycles. The summed E-state index contributed by atoms with van der Waals surface area (Å²) in [6.07, 6.45) is 2.56. The van der Waals surface area contributed by atoms with E-state index in [4.69, 9.17) is 5.11 Å². The second-order valence-corrected chi connectivity index (χ2v) is 6.27. The molecule has 0 atom stereocenters. The summed E-state index contributed by atoms with van der Waals surface area (Å²) in [5.74, 6) is -0.817. The number of benzene rings is 2. The van der Waals surface area contributed by atoms with Crippen LogP contribution in [0.5, 0.6) is 0 Å². The third-order valence-corrected chi connectivity index (χ3v) is 4.98. The van der Waals surface area contributed by atoms with Gasteiger partial charge in [-0.15, -0.1) is 0 Å². The van der Waals surface area contributed by atoms with Crippen molar-refractivity contribution in [2.75, 3.05) is 24.6 Å². The lowest BCUT2D eigenvalue weighted by Gasteiger charge is -2.38. The Morgan fingerprint density at radius 3 is 2.41 bits per heavy atom. The second-order valence-electron chi connectivity index (χ2n) is 6.27. The largest absolute Gasteiger partial charge is 0.481 e. The van der Waals surface area contributed by atoms with Crippen LogP contribution in [0.1, 0.15) is 18.4 Å². The van der Waals surface area contributed by atoms with Crippen LogP contribution in [-0.4, -0.2) is 35.7 Å². The van der Waals surface area contributed by atoms with Crippen LogP contribution in [-0.2, 0) is 11.2 Å². The summed E-state index contributed by atoms with van der Waals surface area (Å²) in [5, 5.41) is 16.4. The molecule has 1 N–H and O–H groups in total. The Bertz CT molecular complexity index is 720. The van der Waals surface area contributed by atoms with E-state index in [1.54, 1.807) is 0 Å². The molecule has 0 bridgehead atoms. The SMILES string of the molecule is O=C(O)C1CCN(N2CCc3cc4ccccc4cc32)CC1. The summed E-state index contributed by atoms with van der Waals surface area (Å²) in [5.41, 5.74) is 2.70. The molecule has 1 fully saturated rings. The van der Waals surface area contributed by atoms with E-state index >= 15 is 0 Å². The van der Waals surface area contributed by atoms with Gasteiger partial charge in [0.25, 0.3) is 0 Å². The first-order valence-corrected chi connectivity index (χ1v) is 7.99. The summed E-state index contributed by atoms with van der Waals surface area (Å²) < 4.78 is 0. The number of piperidine rings is 1. The molecule has 2 aliphatic heterocycles. The minimum atomic E-state index is -0.646. The van der Waals surface area contributed by atoms with E-state index in [-0.39, 0.29) is 5.92 Å². The van der Waals surface area contributed by atoms with Crippen molar-refractivity contribution in [1.82, 2.24) is 5.01 Å². The standard InChI is InChI=1S/C18H20N2O2/c21-18(22)13-5-8-19(9-6-13)20-10-7-16-11-14-3-1-2-4-15(14)12-17(16)20/h1-4,11-13H,5-10H2,(H,21,22). The topological polar surface area (TPSA) is 43.8 Å². The molecule has 0 aliphatic carbocycles. The van der Waals surface area contributed by atoms with Gasteiger partial charge in [-0.2, -0.15) is 0 Å². The Labute approximate surface area is 129 Å². The molecule has 0 radical (unpaired) electrons. The third-order valence-electron chi connectivity index (χ3n) is 4.98. The van der Waals surface area contributed by atoms with Gasteiger partial charge in [-0.3, -0.25) is 4.79 Å². The van der Waals surface area contributed by atoms with Crippen LogP contribution in [0, 0.1) is 5.92 Å². The lowest BCUT2D eigenvalue weighted by Crippen LogP contribution is -2.47. The van der Waals surface area contributed by atoms with Crippen LogP contribution in [0.4, 0.5) is 5.69 Å². The average Bonchev–Trinajstić information content (AvgIpc) is 2.95. The molecule has 114 valence electrons. The highest BCUT2D eigenvalue weighted by atomic mass is 16.4. The molecule has 22 heavy (non-hydrogen) atoms. The van der Waals surface area contributed by atoms with Crippen LogP contribution >= 0.6 is 0 Å². The van der Waals surface area contributed by atoms with E-state index in [1.807, 2.05) is 0 Å². The lowest BCUT2D eigenvalue weighted by atomic mass is 9.98. The monoisotopic (exact) mass is 296 g/mol. The number of hydrogen-bond acceptors (Lipinski definition) is 3. The maximum absolute atomic E-state index is 11.1. The van der Waals surface area contributed by atoms with Crippen LogP contribution in [0.25, 0.3) is 10.8 Å². The zero-order valence-corrected chi connectivity index (χ0v) is 12.5. The number of hydrogen-bond donors (Lipinski definition) is 1. The van der Waals surface area contributed by atoms with Gasteiger partial charge in [0.15, 0.2) is 0 Å². The van der Waals surface area contributed by atoms with E-state index in [9.17, 15) is 4.79 Å². The Kier molecular flexibility index (Phi) is 3.26. The number of anilines is 1. The minimum Gasteiger partial charge on any atom is -0.481 e. The van der Waals surface area contributed by atoms with Crippen LogP contribution in [0.2, 0.25) is 0 Å². The van der Waals surface area contributed by atoms with Crippen LogP contribution < -0.4 is 5.01 Å². The molecule has 0 amide bonds. The summed E-state index contributed by atoms with van der Waals surface area (Å²) in [6, 6.07) is 13.1. The molecule has 4 heteroatoms. The van der Waals surface area contributed by atoms with Gasteiger partial charge in [0, 0.05) is 19.6 Å². The third kappa shape index (κ3) is 2.24. The maximum atomic E-state index is 11.1. The fraction of sp³-hybridized carbons (Fsp3) is 0.389. The first kappa shape index (κ1) is 13.6. The van der Waals surface area contributed by atoms with Gasteiger partial charge in [0.2, 0.25) is 0 Å². The fourth-order valence-electron chi connectivity index (χ4n) is 3.71. The molecular formula is C18H20N2O2. The van der Waals surface area contributed by atoms with Gasteiger partial charge in [-0.25, -0.2) is 5.01 Å². The highest BCUT2D eigenvalue weighted by molar-refractivity contribution is 5.88. The molecule has 2 aliphatic rings. The molecule has 0 unspecified atom stereocenters. The van der Waals surface area contributed by atoms with E-state index in [0.29, 0.717) is 0 Å². The predicted molar refractivity (Wildman–Crippen MR) is 86.9 cm³/mol. The van der Waals surface area contributed by atoms with Gasteiger partial charge < -0.3 is 10.1 Å². The van der Waals surface area contributed by atoms with E-state index < -0.39 is 5.97 Å². The summed E-state index contributed by atoms with van der Waals surface area (Å²) in [7, 11) is 0. The smallest absolute Gasteiger partial charge is 0.306 e. The number of hydrazine groups is 1. The predicted octanol–water partition coefficient (Wildman–Crippen LogP) is 2.91. The average molecular weight is 296 g/mol. The van der Waals surface area contributed by atoms with Crippen molar-refractivity contribution >= 4 is 22.4 Å².